The summed E-state index contributed by atoms with van der Waals surface area (Å²) < 4.78 is 11.8. The number of carbonyl (C=O) groups is 2. The van der Waals surface area contributed by atoms with Gasteiger partial charge in [0, 0.05) is 15.6 Å². The van der Waals surface area contributed by atoms with Crippen LogP contribution in [-0.4, -0.2) is 25.4 Å². The Bertz CT molecular complexity index is 999. The first-order chi connectivity index (χ1) is 14.1. The number of carbonyl (C=O) groups excluding carboxylic acids is 2. The van der Waals surface area contributed by atoms with Crippen molar-refractivity contribution >= 4 is 39.4 Å². The average Bonchev–Trinajstić information content (AvgIpc) is 2.71. The lowest BCUT2D eigenvalue weighted by atomic mass is 9.86. The van der Waals surface area contributed by atoms with E-state index in [9.17, 15) is 14.9 Å². The van der Waals surface area contributed by atoms with Crippen LogP contribution in [0.3, 0.4) is 0 Å². The maximum atomic E-state index is 12.4. The van der Waals surface area contributed by atoms with Crippen molar-refractivity contribution in [3.8, 4) is 17.6 Å². The SMILES string of the molecule is COc1cc(/C=C(\C#N)C(=O)C(C)(C)C)ccc1OCC(=O)Nc1ccc(Br)cc1. The van der Waals surface area contributed by atoms with E-state index >= 15 is 0 Å². The molecule has 0 fully saturated rings. The molecule has 0 heterocycles. The number of Topliss-reactive ketones (excluding diaryl/α,β-unsaturated/α-hetero) is 1. The molecule has 2 aromatic carbocycles. The number of methoxy groups -OCH3 is 1. The second-order valence-corrected chi connectivity index (χ2v) is 8.42. The number of anilines is 1. The molecular weight excluding hydrogens is 448 g/mol. The number of hydrogen-bond donors (Lipinski definition) is 1. The van der Waals surface area contributed by atoms with Gasteiger partial charge in [0.1, 0.15) is 6.07 Å². The lowest BCUT2D eigenvalue weighted by Gasteiger charge is -2.15. The maximum absolute atomic E-state index is 12.4. The molecule has 0 aliphatic rings. The molecule has 0 atom stereocenters. The summed E-state index contributed by atoms with van der Waals surface area (Å²) in [6, 6.07) is 14.1. The smallest absolute Gasteiger partial charge is 0.262 e. The summed E-state index contributed by atoms with van der Waals surface area (Å²) in [6.45, 7) is 5.08. The summed E-state index contributed by atoms with van der Waals surface area (Å²) in [7, 11) is 1.48. The fourth-order valence-electron chi connectivity index (χ4n) is 2.49. The Labute approximate surface area is 184 Å². The number of nitrogens with zero attached hydrogens (tertiary/aromatic N) is 1. The molecule has 0 spiro atoms. The molecule has 0 aliphatic heterocycles. The van der Waals surface area contributed by atoms with Crippen LogP contribution in [0.15, 0.2) is 52.5 Å². The summed E-state index contributed by atoms with van der Waals surface area (Å²) in [5.74, 6) is 0.210. The summed E-state index contributed by atoms with van der Waals surface area (Å²) in [6.07, 6.45) is 1.51. The number of ether oxygens (including phenoxy) is 2. The van der Waals surface area contributed by atoms with Gasteiger partial charge in [0.15, 0.2) is 23.9 Å². The fraction of sp³-hybridized carbons (Fsp3) is 0.261. The van der Waals surface area contributed by atoms with Crippen LogP contribution in [0.5, 0.6) is 11.5 Å². The van der Waals surface area contributed by atoms with E-state index in [1.807, 2.05) is 18.2 Å². The first kappa shape index (κ1) is 23.2. The third kappa shape index (κ3) is 6.46. The van der Waals surface area contributed by atoms with Crippen LogP contribution in [0, 0.1) is 16.7 Å². The van der Waals surface area contributed by atoms with Gasteiger partial charge in [0.2, 0.25) is 0 Å². The average molecular weight is 471 g/mol. The number of nitriles is 1. The zero-order chi connectivity index (χ0) is 22.3. The largest absolute Gasteiger partial charge is 0.493 e. The molecule has 1 amide bonds. The van der Waals surface area contributed by atoms with Gasteiger partial charge >= 0.3 is 0 Å². The third-order valence-electron chi connectivity index (χ3n) is 4.03. The minimum Gasteiger partial charge on any atom is -0.493 e. The van der Waals surface area contributed by atoms with E-state index < -0.39 is 5.41 Å². The predicted molar refractivity (Wildman–Crippen MR) is 119 cm³/mol. The second-order valence-electron chi connectivity index (χ2n) is 7.50. The molecule has 2 aromatic rings. The van der Waals surface area contributed by atoms with Gasteiger partial charge < -0.3 is 14.8 Å². The first-order valence-corrected chi connectivity index (χ1v) is 9.96. The second kappa shape index (κ2) is 10.1. The van der Waals surface area contributed by atoms with Crippen molar-refractivity contribution in [3.63, 3.8) is 0 Å². The van der Waals surface area contributed by atoms with E-state index in [0.717, 1.165) is 4.47 Å². The number of halogens is 1. The van der Waals surface area contributed by atoms with E-state index in [-0.39, 0.29) is 23.9 Å². The standard InChI is InChI=1S/C23H23BrN2O4/c1-23(2,3)22(28)16(13-25)11-15-5-10-19(20(12-15)29-4)30-14-21(27)26-18-8-6-17(24)7-9-18/h5-12H,14H2,1-4H3,(H,26,27)/b16-11+. The van der Waals surface area contributed by atoms with Gasteiger partial charge in [0.05, 0.1) is 12.7 Å². The van der Waals surface area contributed by atoms with Gasteiger partial charge in [-0.3, -0.25) is 9.59 Å². The quantitative estimate of drug-likeness (QED) is 0.454. The molecule has 0 radical (unpaired) electrons. The van der Waals surface area contributed by atoms with Crippen molar-refractivity contribution < 1.29 is 19.1 Å². The molecule has 156 valence electrons. The molecule has 2 rings (SSSR count). The van der Waals surface area contributed by atoms with Crippen molar-refractivity contribution in [2.24, 2.45) is 5.41 Å². The number of allylic oxidation sites excluding steroid dienone is 1. The normalized spacial score (nSPS) is 11.4. The molecule has 0 aromatic heterocycles. The molecule has 0 bridgehead atoms. The monoisotopic (exact) mass is 470 g/mol. The topological polar surface area (TPSA) is 88.4 Å². The minimum atomic E-state index is -0.656. The fourth-order valence-corrected chi connectivity index (χ4v) is 2.75. The molecular formula is C23H23BrN2O4. The van der Waals surface area contributed by atoms with Crippen LogP contribution in [-0.2, 0) is 9.59 Å². The highest BCUT2D eigenvalue weighted by Crippen LogP contribution is 2.30. The van der Waals surface area contributed by atoms with Gasteiger partial charge in [-0.05, 0) is 48.0 Å². The van der Waals surface area contributed by atoms with Crippen molar-refractivity contribution in [2.45, 2.75) is 20.8 Å². The van der Waals surface area contributed by atoms with Crippen molar-refractivity contribution in [1.29, 1.82) is 5.26 Å². The first-order valence-electron chi connectivity index (χ1n) is 9.17. The van der Waals surface area contributed by atoms with Crippen LogP contribution in [0.2, 0.25) is 0 Å². The van der Waals surface area contributed by atoms with Gasteiger partial charge in [-0.2, -0.15) is 5.26 Å². The zero-order valence-electron chi connectivity index (χ0n) is 17.3. The number of hydrogen-bond acceptors (Lipinski definition) is 5. The van der Waals surface area contributed by atoms with E-state index in [0.29, 0.717) is 22.7 Å². The van der Waals surface area contributed by atoms with Gasteiger partial charge in [-0.1, -0.05) is 42.8 Å². The van der Waals surface area contributed by atoms with Gasteiger partial charge in [-0.25, -0.2) is 0 Å². The third-order valence-corrected chi connectivity index (χ3v) is 4.56. The molecule has 7 heteroatoms. The van der Waals surface area contributed by atoms with Crippen molar-refractivity contribution in [2.75, 3.05) is 19.0 Å². The Morgan fingerprint density at radius 2 is 1.80 bits per heavy atom. The van der Waals surface area contributed by atoms with Crippen molar-refractivity contribution in [1.82, 2.24) is 0 Å². The Hall–Kier alpha value is -3.11. The molecule has 0 unspecified atom stereocenters. The number of benzene rings is 2. The van der Waals surface area contributed by atoms with Crippen LogP contribution < -0.4 is 14.8 Å². The Balaban J connectivity index is 2.11. The maximum Gasteiger partial charge on any atom is 0.262 e. The van der Waals surface area contributed by atoms with E-state index in [1.54, 1.807) is 51.1 Å². The Morgan fingerprint density at radius 3 is 2.37 bits per heavy atom. The molecule has 1 N–H and O–H groups in total. The molecule has 0 aliphatic carbocycles. The highest BCUT2D eigenvalue weighted by atomic mass is 79.9. The lowest BCUT2D eigenvalue weighted by Crippen LogP contribution is -2.21. The van der Waals surface area contributed by atoms with Crippen LogP contribution in [0.4, 0.5) is 5.69 Å². The highest BCUT2D eigenvalue weighted by molar-refractivity contribution is 9.10. The number of ketones is 1. The lowest BCUT2D eigenvalue weighted by molar-refractivity contribution is -0.122. The highest BCUT2D eigenvalue weighted by Gasteiger charge is 2.25. The number of nitrogens with one attached hydrogen (secondary N) is 1. The minimum absolute atomic E-state index is 0.0621. The predicted octanol–water partition coefficient (Wildman–Crippen LogP) is 5.00. The zero-order valence-corrected chi connectivity index (χ0v) is 18.9. The van der Waals surface area contributed by atoms with Gasteiger partial charge in [-0.15, -0.1) is 0 Å². The van der Waals surface area contributed by atoms with E-state index in [2.05, 4.69) is 21.2 Å². The van der Waals surface area contributed by atoms with E-state index in [1.165, 1.54) is 13.2 Å². The Kier molecular flexibility index (Phi) is 7.79. The van der Waals surface area contributed by atoms with Crippen molar-refractivity contribution in [3.05, 3.63) is 58.1 Å². The number of rotatable bonds is 7. The van der Waals surface area contributed by atoms with Gasteiger partial charge in [0.25, 0.3) is 5.91 Å². The molecule has 6 nitrogen and oxygen atoms in total. The molecule has 0 saturated carbocycles. The summed E-state index contributed by atoms with van der Waals surface area (Å²) in [4.78, 5) is 24.5. The summed E-state index contributed by atoms with van der Waals surface area (Å²) >= 11 is 3.34. The summed E-state index contributed by atoms with van der Waals surface area (Å²) in [5, 5.41) is 12.1. The summed E-state index contributed by atoms with van der Waals surface area (Å²) in [5.41, 5.74) is 0.684. The molecule has 30 heavy (non-hydrogen) atoms. The van der Waals surface area contributed by atoms with Crippen LogP contribution in [0.25, 0.3) is 6.08 Å². The Morgan fingerprint density at radius 1 is 1.13 bits per heavy atom. The van der Waals surface area contributed by atoms with E-state index in [4.69, 9.17) is 9.47 Å². The number of amides is 1. The van der Waals surface area contributed by atoms with Crippen LogP contribution >= 0.6 is 15.9 Å². The van der Waals surface area contributed by atoms with Crippen LogP contribution in [0.1, 0.15) is 26.3 Å². The molecule has 0 saturated heterocycles.